The fourth-order valence-electron chi connectivity index (χ4n) is 2.65. The Balaban J connectivity index is 1.90. The molecule has 0 spiro atoms. The third kappa shape index (κ3) is 4.85. The molecule has 0 N–H and O–H groups in total. The normalized spacial score (nSPS) is 17.7. The van der Waals surface area contributed by atoms with E-state index in [-0.39, 0.29) is 6.09 Å². The zero-order valence-corrected chi connectivity index (χ0v) is 14.2. The molecule has 0 radical (unpaired) electrons. The van der Waals surface area contributed by atoms with Crippen molar-refractivity contribution in [1.29, 1.82) is 5.26 Å². The van der Waals surface area contributed by atoms with Crippen molar-refractivity contribution >= 4 is 11.9 Å². The summed E-state index contributed by atoms with van der Waals surface area (Å²) in [5, 5.41) is 8.96. The zero-order valence-electron chi connectivity index (χ0n) is 14.2. The van der Waals surface area contributed by atoms with Gasteiger partial charge in [-0.15, -0.1) is 0 Å². The minimum atomic E-state index is -0.465. The lowest BCUT2D eigenvalue weighted by atomic mass is 10.1. The van der Waals surface area contributed by atoms with Gasteiger partial charge in [0, 0.05) is 32.9 Å². The highest BCUT2D eigenvalue weighted by Gasteiger charge is 2.30. The summed E-state index contributed by atoms with van der Waals surface area (Å²) in [4.78, 5) is 20.2. The Morgan fingerprint density at radius 2 is 2.30 bits per heavy atom. The topological polar surface area (TPSA) is 69.5 Å². The molecule has 1 aliphatic heterocycles. The highest BCUT2D eigenvalue weighted by atomic mass is 16.6. The maximum atomic E-state index is 12.1. The van der Waals surface area contributed by atoms with Gasteiger partial charge in [-0.2, -0.15) is 5.26 Å². The van der Waals surface area contributed by atoms with E-state index in [1.54, 1.807) is 23.2 Å². The molecule has 1 fully saturated rings. The van der Waals surface area contributed by atoms with Crippen molar-refractivity contribution in [1.82, 2.24) is 9.88 Å². The number of pyridine rings is 1. The smallest absolute Gasteiger partial charge is 0.410 e. The first-order valence-electron chi connectivity index (χ1n) is 7.83. The first-order chi connectivity index (χ1) is 10.8. The van der Waals surface area contributed by atoms with Gasteiger partial charge in [0.2, 0.25) is 0 Å². The van der Waals surface area contributed by atoms with Gasteiger partial charge in [-0.05, 0) is 45.2 Å². The number of likely N-dealkylation sites (tertiary alicyclic amines) is 1. The van der Waals surface area contributed by atoms with Crippen LogP contribution in [0.25, 0.3) is 0 Å². The van der Waals surface area contributed by atoms with Crippen LogP contribution < -0.4 is 4.90 Å². The molecule has 2 heterocycles. The van der Waals surface area contributed by atoms with E-state index in [1.807, 2.05) is 32.7 Å². The summed E-state index contributed by atoms with van der Waals surface area (Å²) < 4.78 is 5.41. The van der Waals surface area contributed by atoms with E-state index in [2.05, 4.69) is 11.1 Å². The van der Waals surface area contributed by atoms with E-state index in [0.29, 0.717) is 18.0 Å². The van der Waals surface area contributed by atoms with Gasteiger partial charge in [0.25, 0.3) is 0 Å². The van der Waals surface area contributed by atoms with Crippen molar-refractivity contribution in [3.05, 3.63) is 23.9 Å². The summed E-state index contributed by atoms with van der Waals surface area (Å²) in [5.74, 6) is 1.15. The van der Waals surface area contributed by atoms with Crippen molar-refractivity contribution in [3.63, 3.8) is 0 Å². The molecule has 23 heavy (non-hydrogen) atoms. The number of ether oxygens (including phenoxy) is 1. The number of hydrogen-bond donors (Lipinski definition) is 0. The lowest BCUT2D eigenvalue weighted by molar-refractivity contribution is 0.0288. The van der Waals surface area contributed by atoms with Gasteiger partial charge in [0.1, 0.15) is 11.4 Å². The summed E-state index contributed by atoms with van der Waals surface area (Å²) >= 11 is 0. The second kappa shape index (κ2) is 6.86. The van der Waals surface area contributed by atoms with E-state index < -0.39 is 5.60 Å². The number of anilines is 1. The standard InChI is InChI=1S/C17H24N4O2/c1-17(2,3)23-16(22)21-8-6-14(12-21)11-20(4)15-9-13(10-18)5-7-19-15/h5,7,9,14H,6,8,11-12H2,1-4H3. The number of nitrogens with zero attached hydrogens (tertiary/aromatic N) is 4. The van der Waals surface area contributed by atoms with Crippen LogP contribution in [0, 0.1) is 17.2 Å². The third-order valence-electron chi connectivity index (χ3n) is 3.74. The average molecular weight is 316 g/mol. The number of hydrogen-bond acceptors (Lipinski definition) is 5. The van der Waals surface area contributed by atoms with Gasteiger partial charge < -0.3 is 14.5 Å². The van der Waals surface area contributed by atoms with Crippen LogP contribution in [-0.4, -0.2) is 48.3 Å². The minimum absolute atomic E-state index is 0.243. The van der Waals surface area contributed by atoms with Gasteiger partial charge in [0.05, 0.1) is 11.6 Å². The van der Waals surface area contributed by atoms with E-state index >= 15 is 0 Å². The van der Waals surface area contributed by atoms with Crippen molar-refractivity contribution in [2.45, 2.75) is 32.8 Å². The van der Waals surface area contributed by atoms with Crippen LogP contribution in [0.1, 0.15) is 32.8 Å². The molecule has 0 bridgehead atoms. The Bertz CT molecular complexity index is 603. The number of carbonyl (C=O) groups is 1. The van der Waals surface area contributed by atoms with E-state index in [1.165, 1.54) is 0 Å². The molecule has 6 heteroatoms. The molecule has 1 unspecified atom stereocenters. The van der Waals surface area contributed by atoms with Crippen LogP contribution in [0.3, 0.4) is 0 Å². The maximum absolute atomic E-state index is 12.1. The molecule has 0 saturated carbocycles. The van der Waals surface area contributed by atoms with Gasteiger partial charge in [0.15, 0.2) is 0 Å². The Morgan fingerprint density at radius 3 is 2.96 bits per heavy atom. The third-order valence-corrected chi connectivity index (χ3v) is 3.74. The highest BCUT2D eigenvalue weighted by Crippen LogP contribution is 2.22. The number of carbonyl (C=O) groups excluding carboxylic acids is 1. The molecule has 124 valence electrons. The molecule has 0 aromatic carbocycles. The SMILES string of the molecule is CN(CC1CCN(C(=O)OC(C)(C)C)C1)c1cc(C#N)ccn1. The first kappa shape index (κ1) is 17.1. The fourth-order valence-corrected chi connectivity index (χ4v) is 2.65. The summed E-state index contributed by atoms with van der Waals surface area (Å²) in [6, 6.07) is 5.59. The van der Waals surface area contributed by atoms with Crippen LogP contribution in [0.15, 0.2) is 18.3 Å². The molecule has 1 aromatic rings. The van der Waals surface area contributed by atoms with Crippen LogP contribution in [-0.2, 0) is 4.74 Å². The first-order valence-corrected chi connectivity index (χ1v) is 7.83. The Kier molecular flexibility index (Phi) is 5.09. The summed E-state index contributed by atoms with van der Waals surface area (Å²) in [5.41, 5.74) is 0.136. The van der Waals surface area contributed by atoms with Gasteiger partial charge in [-0.1, -0.05) is 0 Å². The molecule has 1 atom stereocenters. The molecule has 0 aliphatic carbocycles. The number of aromatic nitrogens is 1. The van der Waals surface area contributed by atoms with Gasteiger partial charge >= 0.3 is 6.09 Å². The van der Waals surface area contributed by atoms with Crippen LogP contribution >= 0.6 is 0 Å². The summed E-state index contributed by atoms with van der Waals surface area (Å²) in [6.07, 6.45) is 2.35. The van der Waals surface area contributed by atoms with Crippen LogP contribution in [0.5, 0.6) is 0 Å². The number of rotatable bonds is 3. The lowest BCUT2D eigenvalue weighted by Crippen LogP contribution is -2.36. The molecule has 1 aromatic heterocycles. The quantitative estimate of drug-likeness (QED) is 0.857. The predicted octanol–water partition coefficient (Wildman–Crippen LogP) is 2.65. The highest BCUT2D eigenvalue weighted by molar-refractivity contribution is 5.68. The largest absolute Gasteiger partial charge is 0.444 e. The average Bonchev–Trinajstić information content (AvgIpc) is 2.94. The van der Waals surface area contributed by atoms with E-state index in [9.17, 15) is 4.79 Å². The van der Waals surface area contributed by atoms with Crippen LogP contribution in [0.2, 0.25) is 0 Å². The van der Waals surface area contributed by atoms with Crippen LogP contribution in [0.4, 0.5) is 10.6 Å². The molecule has 1 saturated heterocycles. The molecule has 2 rings (SSSR count). The molecule has 1 amide bonds. The molecular formula is C17H24N4O2. The Hall–Kier alpha value is -2.29. The Labute approximate surface area is 137 Å². The molecule has 6 nitrogen and oxygen atoms in total. The number of amides is 1. The minimum Gasteiger partial charge on any atom is -0.444 e. The van der Waals surface area contributed by atoms with Crippen molar-refractivity contribution in [2.75, 3.05) is 31.6 Å². The van der Waals surface area contributed by atoms with E-state index in [0.717, 1.165) is 25.3 Å². The number of nitriles is 1. The monoisotopic (exact) mass is 316 g/mol. The van der Waals surface area contributed by atoms with Gasteiger partial charge in [-0.25, -0.2) is 9.78 Å². The molecular weight excluding hydrogens is 292 g/mol. The van der Waals surface area contributed by atoms with Crippen molar-refractivity contribution < 1.29 is 9.53 Å². The second-order valence-corrected chi connectivity index (χ2v) is 6.98. The lowest BCUT2D eigenvalue weighted by Gasteiger charge is -2.25. The Morgan fingerprint density at radius 1 is 1.57 bits per heavy atom. The van der Waals surface area contributed by atoms with Gasteiger partial charge in [-0.3, -0.25) is 0 Å². The van der Waals surface area contributed by atoms with E-state index in [4.69, 9.17) is 10.00 Å². The summed E-state index contributed by atoms with van der Waals surface area (Å²) in [7, 11) is 1.96. The fraction of sp³-hybridized carbons (Fsp3) is 0.588. The van der Waals surface area contributed by atoms with Crippen molar-refractivity contribution in [3.8, 4) is 6.07 Å². The maximum Gasteiger partial charge on any atom is 0.410 e. The second-order valence-electron chi connectivity index (χ2n) is 6.98. The molecule has 1 aliphatic rings. The van der Waals surface area contributed by atoms with Crippen molar-refractivity contribution in [2.24, 2.45) is 5.92 Å². The summed E-state index contributed by atoms with van der Waals surface area (Å²) in [6.45, 7) is 7.83. The zero-order chi connectivity index (χ0) is 17.0. The predicted molar refractivity (Wildman–Crippen MR) is 88.1 cm³/mol.